The molecule has 1 aromatic heterocycles. The van der Waals surface area contributed by atoms with Crippen molar-refractivity contribution in [2.75, 3.05) is 44.7 Å². The first-order valence-corrected chi connectivity index (χ1v) is 14.0. The zero-order valence-electron chi connectivity index (χ0n) is 23.3. The summed E-state index contributed by atoms with van der Waals surface area (Å²) in [7, 11) is 1.66. The Morgan fingerprint density at radius 3 is 2.32 bits per heavy atom. The summed E-state index contributed by atoms with van der Waals surface area (Å²) in [4.78, 5) is 33.7. The summed E-state index contributed by atoms with van der Waals surface area (Å²) in [5, 5.41) is 0. The highest BCUT2D eigenvalue weighted by atomic mass is 16.5. The Bertz CT molecular complexity index is 1580. The molecular weight excluding hydrogens is 512 g/mol. The molecule has 2 amide bonds. The number of carbonyl (C=O) groups excluding carboxylic acids is 2. The van der Waals surface area contributed by atoms with E-state index in [2.05, 4.69) is 16.0 Å². The monoisotopic (exact) mass is 546 g/mol. The summed E-state index contributed by atoms with van der Waals surface area (Å²) < 4.78 is 7.60. The largest absolute Gasteiger partial charge is 0.496 e. The predicted octanol–water partition coefficient (Wildman–Crippen LogP) is 5.32. The maximum Gasteiger partial charge on any atom is 0.270 e. The summed E-state index contributed by atoms with van der Waals surface area (Å²) >= 11 is 0. The zero-order valence-corrected chi connectivity index (χ0v) is 23.3. The van der Waals surface area contributed by atoms with Gasteiger partial charge in [0.2, 0.25) is 0 Å². The lowest BCUT2D eigenvalue weighted by molar-refractivity contribution is 0.0639. The maximum atomic E-state index is 14.0. The van der Waals surface area contributed by atoms with Crippen LogP contribution in [0.1, 0.15) is 32.1 Å². The van der Waals surface area contributed by atoms with Crippen LogP contribution in [0.25, 0.3) is 11.1 Å². The Balaban J connectivity index is 1.27. The van der Waals surface area contributed by atoms with E-state index in [0.717, 1.165) is 53.5 Å². The molecule has 41 heavy (non-hydrogen) atoms. The van der Waals surface area contributed by atoms with Crippen LogP contribution >= 0.6 is 0 Å². The highest BCUT2D eigenvalue weighted by Gasteiger charge is 2.29. The van der Waals surface area contributed by atoms with Crippen molar-refractivity contribution in [2.24, 2.45) is 0 Å². The number of nitrogens with zero attached hydrogens (tertiary/aromatic N) is 4. The molecule has 0 unspecified atom stereocenters. The van der Waals surface area contributed by atoms with Gasteiger partial charge < -0.3 is 19.1 Å². The number of benzene rings is 3. The molecule has 1 fully saturated rings. The fourth-order valence-corrected chi connectivity index (χ4v) is 5.84. The third-order valence-corrected chi connectivity index (χ3v) is 8.06. The van der Waals surface area contributed by atoms with E-state index in [0.29, 0.717) is 37.4 Å². The van der Waals surface area contributed by atoms with E-state index in [9.17, 15) is 9.59 Å². The second-order valence-electron chi connectivity index (χ2n) is 10.5. The number of para-hydroxylation sites is 2. The average Bonchev–Trinajstić information content (AvgIpc) is 3.33. The molecule has 3 aromatic carbocycles. The van der Waals surface area contributed by atoms with Gasteiger partial charge >= 0.3 is 0 Å². The van der Waals surface area contributed by atoms with E-state index in [1.165, 1.54) is 0 Å². The summed E-state index contributed by atoms with van der Waals surface area (Å²) in [5.74, 6) is 0.751. The molecule has 2 aliphatic heterocycles. The lowest BCUT2D eigenvalue weighted by atomic mass is 10.0. The van der Waals surface area contributed by atoms with Crippen molar-refractivity contribution in [1.29, 1.82) is 0 Å². The van der Waals surface area contributed by atoms with Crippen LogP contribution in [0.4, 0.5) is 5.69 Å². The second kappa shape index (κ2) is 11.5. The van der Waals surface area contributed by atoms with Crippen molar-refractivity contribution in [3.8, 4) is 16.9 Å². The van der Waals surface area contributed by atoms with Gasteiger partial charge in [0.15, 0.2) is 0 Å². The number of hydrogen-bond donors (Lipinski definition) is 0. The highest BCUT2D eigenvalue weighted by molar-refractivity contribution is 6.07. The molecule has 0 radical (unpaired) electrons. The molecule has 208 valence electrons. The molecule has 3 heterocycles. The van der Waals surface area contributed by atoms with Crippen molar-refractivity contribution < 1.29 is 14.3 Å². The molecule has 4 aromatic rings. The highest BCUT2D eigenvalue weighted by Crippen LogP contribution is 2.33. The Kier molecular flexibility index (Phi) is 7.44. The molecule has 1 saturated heterocycles. The van der Waals surface area contributed by atoms with Gasteiger partial charge in [-0.05, 0) is 47.5 Å². The molecule has 0 atom stereocenters. The van der Waals surface area contributed by atoms with E-state index < -0.39 is 0 Å². The van der Waals surface area contributed by atoms with Crippen LogP contribution in [0.3, 0.4) is 0 Å². The first-order valence-electron chi connectivity index (χ1n) is 14.0. The van der Waals surface area contributed by atoms with Crippen molar-refractivity contribution >= 4 is 17.5 Å². The third kappa shape index (κ3) is 5.16. The van der Waals surface area contributed by atoms with Crippen LogP contribution < -0.4 is 9.64 Å². The van der Waals surface area contributed by atoms with Crippen LogP contribution in [0.2, 0.25) is 0 Å². The minimum atomic E-state index is -0.0788. The molecule has 2 aliphatic rings. The quantitative estimate of drug-likeness (QED) is 0.308. The van der Waals surface area contributed by atoms with Gasteiger partial charge in [-0.1, -0.05) is 54.6 Å². The number of ether oxygens (including phenoxy) is 1. The van der Waals surface area contributed by atoms with Crippen LogP contribution in [-0.4, -0.2) is 66.0 Å². The van der Waals surface area contributed by atoms with Crippen molar-refractivity contribution in [3.63, 3.8) is 0 Å². The number of fused-ring (bicyclic) bond motifs is 2. The number of carbonyl (C=O) groups is 2. The minimum absolute atomic E-state index is 0.0405. The molecule has 0 N–H and O–H groups in total. The van der Waals surface area contributed by atoms with Crippen LogP contribution in [0, 0.1) is 0 Å². The van der Waals surface area contributed by atoms with Gasteiger partial charge in [0, 0.05) is 55.2 Å². The fraction of sp³-hybridized carbons (Fsp3) is 0.235. The standard InChI is InChI=1S/C34H34N4O3/c1-3-18-35-19-21-36(22-20-35)34(40)31-17-16-28-24-38(30-10-6-4-8-27(30)23-37(28)31)33(39)26-14-12-25(13-15-26)29-9-5-7-11-32(29)41-2/h3-17H,1,18-24H2,2H3. The van der Waals surface area contributed by atoms with E-state index >= 15 is 0 Å². The number of rotatable bonds is 6. The molecule has 0 bridgehead atoms. The van der Waals surface area contributed by atoms with E-state index in [4.69, 9.17) is 4.74 Å². The van der Waals surface area contributed by atoms with E-state index in [1.807, 2.05) is 101 Å². The fourth-order valence-electron chi connectivity index (χ4n) is 5.84. The second-order valence-corrected chi connectivity index (χ2v) is 10.5. The third-order valence-electron chi connectivity index (χ3n) is 8.06. The molecule has 7 heteroatoms. The zero-order chi connectivity index (χ0) is 28.3. The summed E-state index contributed by atoms with van der Waals surface area (Å²) in [6.45, 7) is 8.65. The first kappa shape index (κ1) is 26.6. The Labute approximate surface area is 240 Å². The smallest absolute Gasteiger partial charge is 0.270 e. The van der Waals surface area contributed by atoms with Gasteiger partial charge in [-0.2, -0.15) is 0 Å². The summed E-state index contributed by atoms with van der Waals surface area (Å²) in [5.41, 5.74) is 6.05. The topological polar surface area (TPSA) is 58.0 Å². The van der Waals surface area contributed by atoms with Crippen molar-refractivity contribution in [3.05, 3.63) is 120 Å². The van der Waals surface area contributed by atoms with Gasteiger partial charge in [0.25, 0.3) is 11.8 Å². The summed E-state index contributed by atoms with van der Waals surface area (Å²) in [6, 6.07) is 27.4. The molecule has 0 aliphatic carbocycles. The average molecular weight is 547 g/mol. The van der Waals surface area contributed by atoms with E-state index in [1.54, 1.807) is 7.11 Å². The number of aromatic nitrogens is 1. The van der Waals surface area contributed by atoms with Gasteiger partial charge in [-0.15, -0.1) is 6.58 Å². The Morgan fingerprint density at radius 1 is 0.829 bits per heavy atom. The molecule has 0 spiro atoms. The lowest BCUT2D eigenvalue weighted by Crippen LogP contribution is -2.49. The van der Waals surface area contributed by atoms with Crippen molar-refractivity contribution in [1.82, 2.24) is 14.4 Å². The molecule has 6 rings (SSSR count). The molecule has 0 saturated carbocycles. The predicted molar refractivity (Wildman–Crippen MR) is 161 cm³/mol. The van der Waals surface area contributed by atoms with Crippen LogP contribution in [0.5, 0.6) is 5.75 Å². The van der Waals surface area contributed by atoms with E-state index in [-0.39, 0.29) is 11.8 Å². The lowest BCUT2D eigenvalue weighted by Gasteiger charge is -2.34. The number of piperazine rings is 1. The van der Waals surface area contributed by atoms with Gasteiger partial charge in [0.05, 0.1) is 20.2 Å². The Morgan fingerprint density at radius 2 is 1.56 bits per heavy atom. The number of anilines is 1. The number of hydrogen-bond acceptors (Lipinski definition) is 4. The Hall–Kier alpha value is -4.62. The van der Waals surface area contributed by atoms with Gasteiger partial charge in [-0.25, -0.2) is 0 Å². The molecule has 7 nitrogen and oxygen atoms in total. The normalized spacial score (nSPS) is 15.0. The van der Waals surface area contributed by atoms with Crippen LogP contribution in [-0.2, 0) is 13.1 Å². The maximum absolute atomic E-state index is 14.0. The van der Waals surface area contributed by atoms with Crippen LogP contribution in [0.15, 0.2) is 97.6 Å². The summed E-state index contributed by atoms with van der Waals surface area (Å²) in [6.07, 6.45) is 1.91. The van der Waals surface area contributed by atoms with Gasteiger partial charge in [0.1, 0.15) is 11.4 Å². The molecular formula is C34H34N4O3. The minimum Gasteiger partial charge on any atom is -0.496 e. The van der Waals surface area contributed by atoms with Gasteiger partial charge in [-0.3, -0.25) is 14.5 Å². The van der Waals surface area contributed by atoms with Crippen molar-refractivity contribution in [2.45, 2.75) is 13.1 Å². The number of methoxy groups -OCH3 is 1. The first-order chi connectivity index (χ1) is 20.1. The SMILES string of the molecule is C=CCN1CCN(C(=O)c2ccc3n2Cc2ccccc2N(C(=O)c2ccc(-c4ccccc4OC)cc2)C3)CC1. The number of amides is 2.